The van der Waals surface area contributed by atoms with E-state index in [2.05, 4.69) is 20.5 Å². The molecule has 0 saturated carbocycles. The van der Waals surface area contributed by atoms with Gasteiger partial charge in [-0.1, -0.05) is 59.5 Å². The van der Waals surface area contributed by atoms with Crippen LogP contribution in [0.25, 0.3) is 16.7 Å². The van der Waals surface area contributed by atoms with Gasteiger partial charge >= 0.3 is 0 Å². The van der Waals surface area contributed by atoms with Gasteiger partial charge in [0.2, 0.25) is 5.13 Å². The van der Waals surface area contributed by atoms with Crippen LogP contribution in [0.1, 0.15) is 5.82 Å². The van der Waals surface area contributed by atoms with E-state index < -0.39 is 0 Å². The van der Waals surface area contributed by atoms with E-state index in [0.717, 1.165) is 32.8 Å². The highest BCUT2D eigenvalue weighted by Gasteiger charge is 2.16. The number of nitrogens with zero attached hydrogens (tertiary/aromatic N) is 4. The zero-order chi connectivity index (χ0) is 21.9. The van der Waals surface area contributed by atoms with Crippen LogP contribution in [0.5, 0.6) is 5.75 Å². The predicted octanol–water partition coefficient (Wildman–Crippen LogP) is 6.06. The van der Waals surface area contributed by atoms with Crippen molar-refractivity contribution in [2.45, 2.75) is 10.1 Å². The van der Waals surface area contributed by atoms with Crippen LogP contribution < -0.4 is 10.1 Å². The number of imidazole rings is 1. The number of rotatable bonds is 7. The molecule has 0 radical (unpaired) electrons. The number of fused-ring (bicyclic) bond motifs is 1. The zero-order valence-electron chi connectivity index (χ0n) is 17.0. The average Bonchev–Trinajstić information content (AvgIpc) is 3.43. The monoisotopic (exact) mass is 463 g/mol. The van der Waals surface area contributed by atoms with Crippen LogP contribution in [0.15, 0.2) is 77.1 Å². The molecule has 0 aliphatic carbocycles. The molecule has 0 spiro atoms. The molecule has 0 atom stereocenters. The van der Waals surface area contributed by atoms with Gasteiger partial charge in [-0.15, -0.1) is 10.2 Å². The Bertz CT molecular complexity index is 1370. The molecule has 0 aliphatic rings. The quantitative estimate of drug-likeness (QED) is 0.296. The number of methoxy groups -OCH3 is 1. The summed E-state index contributed by atoms with van der Waals surface area (Å²) >= 11 is 2.95. The summed E-state index contributed by atoms with van der Waals surface area (Å²) < 4.78 is 22.6. The third kappa shape index (κ3) is 4.04. The Hall–Kier alpha value is -3.43. The Kier molecular flexibility index (Phi) is 5.74. The van der Waals surface area contributed by atoms with Gasteiger partial charge in [-0.05, 0) is 36.4 Å². The van der Waals surface area contributed by atoms with Crippen molar-refractivity contribution in [3.8, 4) is 11.4 Å². The maximum absolute atomic E-state index is 14.4. The Morgan fingerprint density at radius 3 is 2.66 bits per heavy atom. The molecule has 3 aromatic carbocycles. The second-order valence-corrected chi connectivity index (χ2v) is 8.99. The smallest absolute Gasteiger partial charge is 0.210 e. The Labute approximate surface area is 192 Å². The molecule has 0 aliphatic heterocycles. The van der Waals surface area contributed by atoms with Gasteiger partial charge in [0, 0.05) is 5.69 Å². The number of para-hydroxylation sites is 4. The van der Waals surface area contributed by atoms with Crippen molar-refractivity contribution in [2.24, 2.45) is 0 Å². The third-order valence-corrected chi connectivity index (χ3v) is 6.77. The second kappa shape index (κ2) is 8.97. The van der Waals surface area contributed by atoms with Crippen molar-refractivity contribution in [2.75, 3.05) is 12.4 Å². The van der Waals surface area contributed by atoms with Crippen molar-refractivity contribution in [1.82, 2.24) is 19.7 Å². The molecule has 0 amide bonds. The van der Waals surface area contributed by atoms with Crippen LogP contribution in [0.2, 0.25) is 0 Å². The van der Waals surface area contributed by atoms with Gasteiger partial charge in [0.05, 0.1) is 24.1 Å². The summed E-state index contributed by atoms with van der Waals surface area (Å²) in [6.07, 6.45) is 0. The normalized spacial score (nSPS) is 11.1. The molecule has 0 fully saturated rings. The predicted molar refractivity (Wildman–Crippen MR) is 127 cm³/mol. The minimum Gasteiger partial charge on any atom is -0.495 e. The number of ether oxygens (including phenoxy) is 1. The van der Waals surface area contributed by atoms with E-state index in [1.807, 2.05) is 65.2 Å². The van der Waals surface area contributed by atoms with E-state index in [4.69, 9.17) is 4.74 Å². The van der Waals surface area contributed by atoms with Gasteiger partial charge in [-0.2, -0.15) is 0 Å². The van der Waals surface area contributed by atoms with Crippen LogP contribution in [-0.4, -0.2) is 26.9 Å². The van der Waals surface area contributed by atoms with Gasteiger partial charge in [-0.25, -0.2) is 9.37 Å². The van der Waals surface area contributed by atoms with Gasteiger partial charge < -0.3 is 10.1 Å². The lowest BCUT2D eigenvalue weighted by Crippen LogP contribution is -1.99. The van der Waals surface area contributed by atoms with Gasteiger partial charge in [0.15, 0.2) is 10.2 Å². The number of hydrogen-bond acceptors (Lipinski definition) is 7. The van der Waals surface area contributed by atoms with E-state index in [-0.39, 0.29) is 5.82 Å². The lowest BCUT2D eigenvalue weighted by Gasteiger charge is -2.08. The first-order valence-corrected chi connectivity index (χ1v) is 11.6. The SMILES string of the molecule is COc1ccccc1Nc1nnc(SCc2nc3c(F)cccc3n2-c2ccccc2)s1. The highest BCUT2D eigenvalue weighted by Crippen LogP contribution is 2.34. The summed E-state index contributed by atoms with van der Waals surface area (Å²) in [6, 6.07) is 22.5. The van der Waals surface area contributed by atoms with Crippen LogP contribution in [-0.2, 0) is 5.75 Å². The van der Waals surface area contributed by atoms with Crippen molar-refractivity contribution >= 4 is 45.0 Å². The standard InChI is InChI=1S/C23H18FN5OS2/c1-30-19-13-6-5-11-17(19)25-22-27-28-23(32-22)31-14-20-26-21-16(24)10-7-12-18(21)29(20)15-8-3-2-4-9-15/h2-13H,14H2,1H3,(H,25,27). The highest BCUT2D eigenvalue weighted by molar-refractivity contribution is 8.00. The van der Waals surface area contributed by atoms with E-state index in [9.17, 15) is 4.39 Å². The summed E-state index contributed by atoms with van der Waals surface area (Å²) in [4.78, 5) is 4.59. The lowest BCUT2D eigenvalue weighted by molar-refractivity contribution is 0.417. The molecular formula is C23H18FN5OS2. The van der Waals surface area contributed by atoms with Gasteiger partial charge in [0.25, 0.3) is 0 Å². The number of halogens is 1. The molecule has 160 valence electrons. The zero-order valence-corrected chi connectivity index (χ0v) is 18.7. The minimum atomic E-state index is -0.331. The number of aromatic nitrogens is 4. The highest BCUT2D eigenvalue weighted by atomic mass is 32.2. The third-order valence-electron chi connectivity index (χ3n) is 4.80. The lowest BCUT2D eigenvalue weighted by atomic mass is 10.2. The van der Waals surface area contributed by atoms with Crippen LogP contribution in [0.4, 0.5) is 15.2 Å². The van der Waals surface area contributed by atoms with Crippen LogP contribution >= 0.6 is 23.1 Å². The fourth-order valence-electron chi connectivity index (χ4n) is 3.38. The number of benzene rings is 3. The molecule has 0 saturated heterocycles. The molecule has 5 rings (SSSR count). The van der Waals surface area contributed by atoms with Crippen molar-refractivity contribution in [1.29, 1.82) is 0 Å². The summed E-state index contributed by atoms with van der Waals surface area (Å²) in [5, 5.41) is 12.4. The summed E-state index contributed by atoms with van der Waals surface area (Å²) in [5.74, 6) is 1.67. The van der Waals surface area contributed by atoms with E-state index in [1.165, 1.54) is 29.2 Å². The minimum absolute atomic E-state index is 0.331. The fraction of sp³-hybridized carbons (Fsp3) is 0.0870. The maximum atomic E-state index is 14.4. The largest absolute Gasteiger partial charge is 0.495 e. The van der Waals surface area contributed by atoms with Crippen molar-refractivity contribution in [3.63, 3.8) is 0 Å². The summed E-state index contributed by atoms with van der Waals surface area (Å²) in [5.41, 5.74) is 2.86. The van der Waals surface area contributed by atoms with Crippen molar-refractivity contribution in [3.05, 3.63) is 84.4 Å². The first-order valence-electron chi connectivity index (χ1n) is 9.80. The molecule has 2 aromatic heterocycles. The molecule has 5 aromatic rings. The van der Waals surface area contributed by atoms with E-state index >= 15 is 0 Å². The maximum Gasteiger partial charge on any atom is 0.210 e. The van der Waals surface area contributed by atoms with Crippen LogP contribution in [0.3, 0.4) is 0 Å². The van der Waals surface area contributed by atoms with Gasteiger partial charge in [-0.3, -0.25) is 4.57 Å². The fourth-order valence-corrected chi connectivity index (χ4v) is 5.07. The molecule has 1 N–H and O–H groups in total. The number of hydrogen-bond donors (Lipinski definition) is 1. The van der Waals surface area contributed by atoms with E-state index in [0.29, 0.717) is 16.4 Å². The number of anilines is 2. The Morgan fingerprint density at radius 1 is 1.00 bits per heavy atom. The van der Waals surface area contributed by atoms with Crippen LogP contribution in [0, 0.1) is 5.82 Å². The average molecular weight is 464 g/mol. The Morgan fingerprint density at radius 2 is 1.81 bits per heavy atom. The van der Waals surface area contributed by atoms with Gasteiger partial charge in [0.1, 0.15) is 17.1 Å². The summed E-state index contributed by atoms with van der Waals surface area (Å²) in [6.45, 7) is 0. The Balaban J connectivity index is 1.40. The number of thioether (sulfide) groups is 1. The summed E-state index contributed by atoms with van der Waals surface area (Å²) in [7, 11) is 1.63. The first kappa shape index (κ1) is 20.5. The molecule has 0 bridgehead atoms. The number of nitrogens with one attached hydrogen (secondary N) is 1. The molecule has 0 unspecified atom stereocenters. The molecule has 9 heteroatoms. The molecular weight excluding hydrogens is 445 g/mol. The van der Waals surface area contributed by atoms with Crippen molar-refractivity contribution < 1.29 is 9.13 Å². The first-order chi connectivity index (χ1) is 15.7. The molecule has 32 heavy (non-hydrogen) atoms. The molecule has 6 nitrogen and oxygen atoms in total. The topological polar surface area (TPSA) is 64.9 Å². The van der Waals surface area contributed by atoms with E-state index in [1.54, 1.807) is 13.2 Å². The molecule has 2 heterocycles. The second-order valence-electron chi connectivity index (χ2n) is 6.79.